The molecule has 10 heteroatoms. The highest BCUT2D eigenvalue weighted by molar-refractivity contribution is 8.02. The van der Waals surface area contributed by atoms with E-state index < -0.39 is 21.7 Å². The third-order valence-electron chi connectivity index (χ3n) is 3.36. The largest absolute Gasteiger partial charge is 0.496 e. The van der Waals surface area contributed by atoms with Crippen LogP contribution in [0.15, 0.2) is 18.2 Å². The summed E-state index contributed by atoms with van der Waals surface area (Å²) in [5.74, 6) is -0.326. The van der Waals surface area contributed by atoms with Crippen LogP contribution in [0.25, 0.3) is 0 Å². The smallest absolute Gasteiger partial charge is 0.273 e. The molecule has 0 aliphatic carbocycles. The van der Waals surface area contributed by atoms with E-state index in [1.54, 1.807) is 12.1 Å². The minimum atomic E-state index is -2.97. The number of rotatable bonds is 5. The Kier molecular flexibility index (Phi) is 6.36. The number of hydrogen-bond acceptors (Lipinski definition) is 6. The minimum Gasteiger partial charge on any atom is -0.496 e. The van der Waals surface area contributed by atoms with Gasteiger partial charge in [-0.3, -0.25) is 20.4 Å². The summed E-state index contributed by atoms with van der Waals surface area (Å²) in [5.41, 5.74) is 4.77. The molecule has 0 radical (unpaired) electrons. The normalized spacial score (nSPS) is 18.8. The van der Waals surface area contributed by atoms with Crippen LogP contribution >= 0.6 is 23.4 Å². The van der Waals surface area contributed by atoms with Crippen LogP contribution in [0, 0.1) is 0 Å². The van der Waals surface area contributed by atoms with Crippen LogP contribution in [0.4, 0.5) is 0 Å². The SMILES string of the molecule is COc1ccc(Cl)cc1C(=O)NNC(=O)CS[C@@H]1CCS(=O)(=O)C1. The third-order valence-corrected chi connectivity index (χ3v) is 6.88. The van der Waals surface area contributed by atoms with Crippen LogP contribution in [0.3, 0.4) is 0 Å². The van der Waals surface area contributed by atoms with Crippen molar-refractivity contribution < 1.29 is 22.7 Å². The van der Waals surface area contributed by atoms with E-state index in [2.05, 4.69) is 10.9 Å². The van der Waals surface area contributed by atoms with E-state index in [1.807, 2.05) is 0 Å². The first-order valence-electron chi connectivity index (χ1n) is 7.05. The summed E-state index contributed by atoms with van der Waals surface area (Å²) in [6.45, 7) is 0. The lowest BCUT2D eigenvalue weighted by atomic mass is 10.2. The van der Waals surface area contributed by atoms with Crippen LogP contribution in [-0.4, -0.2) is 49.9 Å². The Hall–Kier alpha value is -1.45. The predicted molar refractivity (Wildman–Crippen MR) is 93.1 cm³/mol. The fraction of sp³-hybridized carbons (Fsp3) is 0.429. The number of sulfone groups is 1. The average Bonchev–Trinajstić information content (AvgIpc) is 2.89. The van der Waals surface area contributed by atoms with Crippen LogP contribution in [-0.2, 0) is 14.6 Å². The molecule has 1 aliphatic rings. The zero-order valence-electron chi connectivity index (χ0n) is 12.9. The molecule has 0 spiro atoms. The lowest BCUT2D eigenvalue weighted by molar-refractivity contribution is -0.119. The Bertz CT molecular complexity index is 739. The number of ether oxygens (including phenoxy) is 1. The molecule has 7 nitrogen and oxygen atoms in total. The van der Waals surface area contributed by atoms with Crippen LogP contribution in [0.1, 0.15) is 16.8 Å². The van der Waals surface area contributed by atoms with Gasteiger partial charge in [0.2, 0.25) is 5.91 Å². The number of carbonyl (C=O) groups excluding carboxylic acids is 2. The summed E-state index contributed by atoms with van der Waals surface area (Å²) in [6, 6.07) is 4.57. The van der Waals surface area contributed by atoms with E-state index in [0.717, 1.165) is 0 Å². The monoisotopic (exact) mass is 392 g/mol. The number of nitrogens with one attached hydrogen (secondary N) is 2. The molecule has 1 saturated heterocycles. The number of hydrazine groups is 1. The molecule has 1 aromatic rings. The van der Waals surface area contributed by atoms with Crippen molar-refractivity contribution in [3.63, 3.8) is 0 Å². The van der Waals surface area contributed by atoms with Crippen molar-refractivity contribution in [2.45, 2.75) is 11.7 Å². The van der Waals surface area contributed by atoms with Gasteiger partial charge in [-0.25, -0.2) is 8.42 Å². The fourth-order valence-electron chi connectivity index (χ4n) is 2.17. The van der Waals surface area contributed by atoms with Gasteiger partial charge < -0.3 is 4.74 Å². The maximum atomic E-state index is 12.1. The summed E-state index contributed by atoms with van der Waals surface area (Å²) in [7, 11) is -1.54. The van der Waals surface area contributed by atoms with Crippen LogP contribution in [0.5, 0.6) is 5.75 Å². The van der Waals surface area contributed by atoms with Gasteiger partial charge in [-0.15, -0.1) is 11.8 Å². The van der Waals surface area contributed by atoms with Gasteiger partial charge in [0.05, 0.1) is 29.9 Å². The third kappa shape index (κ3) is 5.29. The maximum Gasteiger partial charge on any atom is 0.273 e. The number of methoxy groups -OCH3 is 1. The first-order chi connectivity index (χ1) is 11.3. The predicted octanol–water partition coefficient (Wildman–Crippen LogP) is 1.03. The molecule has 1 atom stereocenters. The highest BCUT2D eigenvalue weighted by atomic mass is 35.5. The van der Waals surface area contributed by atoms with Gasteiger partial charge in [-0.1, -0.05) is 11.6 Å². The van der Waals surface area contributed by atoms with E-state index in [-0.39, 0.29) is 28.1 Å². The fourth-order valence-corrected chi connectivity index (χ4v) is 5.79. The van der Waals surface area contributed by atoms with Crippen molar-refractivity contribution in [2.75, 3.05) is 24.4 Å². The van der Waals surface area contributed by atoms with E-state index in [4.69, 9.17) is 16.3 Å². The Morgan fingerprint density at radius 3 is 2.75 bits per heavy atom. The number of hydrogen-bond donors (Lipinski definition) is 2. The van der Waals surface area contributed by atoms with Crippen molar-refractivity contribution in [2.24, 2.45) is 0 Å². The lowest BCUT2D eigenvalue weighted by Gasteiger charge is -2.11. The van der Waals surface area contributed by atoms with Gasteiger partial charge in [0.1, 0.15) is 5.75 Å². The Balaban J connectivity index is 1.81. The summed E-state index contributed by atoms with van der Waals surface area (Å²) in [6.07, 6.45) is 0.548. The van der Waals surface area contributed by atoms with Crippen LogP contribution < -0.4 is 15.6 Å². The molecule has 0 aromatic heterocycles. The van der Waals surface area contributed by atoms with Crippen molar-refractivity contribution in [3.05, 3.63) is 28.8 Å². The molecule has 2 amide bonds. The van der Waals surface area contributed by atoms with Gasteiger partial charge >= 0.3 is 0 Å². The molecule has 2 N–H and O–H groups in total. The van der Waals surface area contributed by atoms with E-state index in [1.165, 1.54) is 24.9 Å². The minimum absolute atomic E-state index is 0.0626. The molecular weight excluding hydrogens is 376 g/mol. The molecule has 1 aromatic carbocycles. The van der Waals surface area contributed by atoms with Gasteiger partial charge in [-0.2, -0.15) is 0 Å². The van der Waals surface area contributed by atoms with E-state index in [0.29, 0.717) is 17.2 Å². The second-order valence-corrected chi connectivity index (χ2v) is 9.14. The number of thioether (sulfide) groups is 1. The van der Waals surface area contributed by atoms with Crippen molar-refractivity contribution in [3.8, 4) is 5.75 Å². The topological polar surface area (TPSA) is 102 Å². The second-order valence-electron chi connectivity index (χ2n) is 5.18. The van der Waals surface area contributed by atoms with Gasteiger partial charge in [0, 0.05) is 10.3 Å². The highest BCUT2D eigenvalue weighted by Crippen LogP contribution is 2.24. The second kappa shape index (κ2) is 8.09. The molecule has 0 saturated carbocycles. The zero-order chi connectivity index (χ0) is 17.7. The lowest BCUT2D eigenvalue weighted by Crippen LogP contribution is -2.42. The van der Waals surface area contributed by atoms with Crippen molar-refractivity contribution in [1.82, 2.24) is 10.9 Å². The summed E-state index contributed by atoms with van der Waals surface area (Å²) >= 11 is 7.11. The first-order valence-corrected chi connectivity index (χ1v) is 10.3. The van der Waals surface area contributed by atoms with Gasteiger partial charge in [0.15, 0.2) is 9.84 Å². The standard InChI is InChI=1S/C14H17ClN2O5S2/c1-22-12-3-2-9(15)6-11(12)14(19)17-16-13(18)7-23-10-4-5-24(20,21)8-10/h2-3,6,10H,4-5,7-8H2,1H3,(H,16,18)(H,17,19)/t10-/m1/s1. The molecule has 1 fully saturated rings. The Morgan fingerprint density at radius 1 is 1.38 bits per heavy atom. The first kappa shape index (κ1) is 18.9. The molecule has 0 unspecified atom stereocenters. The Labute approximate surface area is 149 Å². The molecule has 0 bridgehead atoms. The highest BCUT2D eigenvalue weighted by Gasteiger charge is 2.28. The summed E-state index contributed by atoms with van der Waals surface area (Å²) in [5, 5.41) is 0.287. The molecule has 1 aliphatic heterocycles. The molecular formula is C14H17ClN2O5S2. The molecule has 132 valence electrons. The quantitative estimate of drug-likeness (QED) is 0.726. The number of amides is 2. The van der Waals surface area contributed by atoms with Crippen molar-refractivity contribution >= 4 is 45.0 Å². The maximum absolute atomic E-state index is 12.1. The number of benzene rings is 1. The Morgan fingerprint density at radius 2 is 2.12 bits per heavy atom. The van der Waals surface area contributed by atoms with E-state index in [9.17, 15) is 18.0 Å². The molecule has 24 heavy (non-hydrogen) atoms. The number of carbonyl (C=O) groups is 2. The molecule has 2 rings (SSSR count). The van der Waals surface area contributed by atoms with Crippen LogP contribution in [0.2, 0.25) is 5.02 Å². The average molecular weight is 393 g/mol. The number of halogens is 1. The van der Waals surface area contributed by atoms with Crippen molar-refractivity contribution in [1.29, 1.82) is 0 Å². The summed E-state index contributed by atoms with van der Waals surface area (Å²) < 4.78 is 27.8. The summed E-state index contributed by atoms with van der Waals surface area (Å²) in [4.78, 5) is 23.8. The van der Waals surface area contributed by atoms with E-state index >= 15 is 0 Å². The van der Waals surface area contributed by atoms with Gasteiger partial charge in [0.25, 0.3) is 5.91 Å². The van der Waals surface area contributed by atoms with Gasteiger partial charge in [-0.05, 0) is 24.6 Å². The zero-order valence-corrected chi connectivity index (χ0v) is 15.3. The molecule has 1 heterocycles.